The molecule has 3 fully saturated rings. The number of rotatable bonds is 3. The fraction of sp³-hybridized carbons (Fsp3) is 0.474. The molecule has 25 heavy (non-hydrogen) atoms. The number of fused-ring (bicyclic) bond motifs is 3. The number of hydrogen-bond acceptors (Lipinski definition) is 6. The molecule has 0 amide bonds. The van der Waals surface area contributed by atoms with Crippen molar-refractivity contribution in [3.63, 3.8) is 0 Å². The van der Waals surface area contributed by atoms with E-state index in [4.69, 9.17) is 14.9 Å². The van der Waals surface area contributed by atoms with Crippen LogP contribution in [0.15, 0.2) is 30.3 Å². The highest BCUT2D eigenvalue weighted by Gasteiger charge is 2.78. The van der Waals surface area contributed by atoms with E-state index < -0.39 is 28.6 Å². The fourth-order valence-corrected chi connectivity index (χ4v) is 4.22. The van der Waals surface area contributed by atoms with Gasteiger partial charge in [0.2, 0.25) is 11.7 Å². The highest BCUT2D eigenvalue weighted by atomic mass is 16.7. The van der Waals surface area contributed by atoms with Gasteiger partial charge in [-0.25, -0.2) is 0 Å². The molecule has 1 N–H and O–H groups in total. The van der Waals surface area contributed by atoms with Gasteiger partial charge in [0.05, 0.1) is 24.1 Å². The SMILES string of the molecule is CCC[C@@H]1C(C#N)(C#N)[C@@]2(C#N)C(=N)O[C@@]1(C)O[C@@H]2c1ccccc1. The highest BCUT2D eigenvalue weighted by molar-refractivity contribution is 5.88. The fourth-order valence-electron chi connectivity index (χ4n) is 4.22. The monoisotopic (exact) mass is 334 g/mol. The maximum Gasteiger partial charge on any atom is 0.215 e. The number of nitrogens with zero attached hydrogens (tertiary/aromatic N) is 3. The molecule has 6 heteroatoms. The van der Waals surface area contributed by atoms with Crippen molar-refractivity contribution in [2.45, 2.75) is 38.6 Å². The zero-order valence-corrected chi connectivity index (χ0v) is 14.1. The summed E-state index contributed by atoms with van der Waals surface area (Å²) in [5.74, 6) is -2.31. The smallest absolute Gasteiger partial charge is 0.215 e. The van der Waals surface area contributed by atoms with Crippen LogP contribution in [0.2, 0.25) is 0 Å². The topological polar surface area (TPSA) is 114 Å². The average molecular weight is 334 g/mol. The van der Waals surface area contributed by atoms with E-state index in [2.05, 4.69) is 18.2 Å². The summed E-state index contributed by atoms with van der Waals surface area (Å²) in [5.41, 5.74) is -2.89. The molecule has 4 rings (SSSR count). The molecule has 3 aliphatic rings. The van der Waals surface area contributed by atoms with Crippen LogP contribution in [0, 0.1) is 56.2 Å². The Kier molecular flexibility index (Phi) is 3.79. The van der Waals surface area contributed by atoms with E-state index >= 15 is 0 Å². The number of benzene rings is 1. The van der Waals surface area contributed by atoms with Crippen LogP contribution in [0.25, 0.3) is 0 Å². The molecule has 0 spiro atoms. The van der Waals surface area contributed by atoms with Crippen LogP contribution in [-0.2, 0) is 9.47 Å². The van der Waals surface area contributed by atoms with E-state index in [0.29, 0.717) is 18.4 Å². The van der Waals surface area contributed by atoms with Gasteiger partial charge in [-0.05, 0) is 12.0 Å². The number of hydrogen-bond donors (Lipinski definition) is 1. The third kappa shape index (κ3) is 1.88. The van der Waals surface area contributed by atoms with Gasteiger partial charge in [-0.1, -0.05) is 43.7 Å². The first-order chi connectivity index (χ1) is 12.0. The van der Waals surface area contributed by atoms with E-state index in [0.717, 1.165) is 0 Å². The van der Waals surface area contributed by atoms with Gasteiger partial charge in [-0.2, -0.15) is 15.8 Å². The largest absolute Gasteiger partial charge is 0.448 e. The van der Waals surface area contributed by atoms with Crippen molar-refractivity contribution >= 4 is 5.90 Å². The minimum absolute atomic E-state index is 0.368. The van der Waals surface area contributed by atoms with Crippen LogP contribution >= 0.6 is 0 Å². The first-order valence-electron chi connectivity index (χ1n) is 8.20. The Morgan fingerprint density at radius 3 is 2.28 bits per heavy atom. The lowest BCUT2D eigenvalue weighted by Crippen LogP contribution is -2.71. The summed E-state index contributed by atoms with van der Waals surface area (Å²) in [7, 11) is 0. The van der Waals surface area contributed by atoms with Gasteiger partial charge in [-0.15, -0.1) is 0 Å². The zero-order valence-electron chi connectivity index (χ0n) is 14.1. The Hall–Kier alpha value is -2.88. The molecule has 0 aliphatic carbocycles. The Balaban J connectivity index is 2.33. The molecular weight excluding hydrogens is 316 g/mol. The third-order valence-corrected chi connectivity index (χ3v) is 5.39. The zero-order chi connectivity index (χ0) is 18.3. The highest BCUT2D eigenvalue weighted by Crippen LogP contribution is 2.67. The molecule has 6 nitrogen and oxygen atoms in total. The predicted octanol–water partition coefficient (Wildman–Crippen LogP) is 3.44. The Labute approximate surface area is 146 Å². The lowest BCUT2D eigenvalue weighted by molar-refractivity contribution is -0.343. The van der Waals surface area contributed by atoms with E-state index in [1.807, 2.05) is 13.0 Å². The quantitative estimate of drug-likeness (QED) is 0.909. The van der Waals surface area contributed by atoms with E-state index in [-0.39, 0.29) is 5.90 Å². The minimum atomic E-state index is -1.81. The Bertz CT molecular complexity index is 818. The van der Waals surface area contributed by atoms with Crippen molar-refractivity contribution in [2.75, 3.05) is 0 Å². The summed E-state index contributed by atoms with van der Waals surface area (Å²) in [6, 6.07) is 15.2. The molecule has 3 saturated heterocycles. The summed E-state index contributed by atoms with van der Waals surface area (Å²) in [6.45, 7) is 3.59. The summed E-state index contributed by atoms with van der Waals surface area (Å²) in [6.07, 6.45) is 0.260. The van der Waals surface area contributed by atoms with Crippen LogP contribution in [-0.4, -0.2) is 11.7 Å². The lowest BCUT2D eigenvalue weighted by Gasteiger charge is -2.61. The van der Waals surface area contributed by atoms with Crippen molar-refractivity contribution in [2.24, 2.45) is 16.7 Å². The van der Waals surface area contributed by atoms with Crippen LogP contribution in [0.4, 0.5) is 0 Å². The maximum atomic E-state index is 10.1. The first-order valence-corrected chi connectivity index (χ1v) is 8.20. The van der Waals surface area contributed by atoms with Gasteiger partial charge in [0.15, 0.2) is 10.8 Å². The van der Waals surface area contributed by atoms with Gasteiger partial charge >= 0.3 is 0 Å². The summed E-state index contributed by atoms with van der Waals surface area (Å²) in [5, 5.41) is 38.5. The van der Waals surface area contributed by atoms with Gasteiger partial charge < -0.3 is 9.47 Å². The molecule has 0 unspecified atom stereocenters. The van der Waals surface area contributed by atoms with Crippen molar-refractivity contribution in [1.82, 2.24) is 0 Å². The Morgan fingerprint density at radius 1 is 1.12 bits per heavy atom. The molecule has 1 aromatic rings. The van der Waals surface area contributed by atoms with Crippen LogP contribution < -0.4 is 0 Å². The first kappa shape index (κ1) is 17.0. The molecule has 0 radical (unpaired) electrons. The van der Waals surface area contributed by atoms with Crippen molar-refractivity contribution in [3.8, 4) is 18.2 Å². The van der Waals surface area contributed by atoms with Crippen molar-refractivity contribution in [1.29, 1.82) is 21.2 Å². The van der Waals surface area contributed by atoms with E-state index in [1.54, 1.807) is 31.2 Å². The summed E-state index contributed by atoms with van der Waals surface area (Å²) < 4.78 is 11.8. The molecule has 0 saturated carbocycles. The minimum Gasteiger partial charge on any atom is -0.448 e. The molecule has 3 aliphatic heterocycles. The molecular formula is C19H18N4O2. The lowest BCUT2D eigenvalue weighted by atomic mass is 9.50. The Morgan fingerprint density at radius 2 is 1.76 bits per heavy atom. The molecule has 126 valence electrons. The van der Waals surface area contributed by atoms with Gasteiger partial charge in [0.1, 0.15) is 6.10 Å². The van der Waals surface area contributed by atoms with Gasteiger partial charge in [-0.3, -0.25) is 5.41 Å². The van der Waals surface area contributed by atoms with Gasteiger partial charge in [0.25, 0.3) is 0 Å². The van der Waals surface area contributed by atoms with Crippen LogP contribution in [0.5, 0.6) is 0 Å². The summed E-state index contributed by atoms with van der Waals surface area (Å²) in [4.78, 5) is 0. The van der Waals surface area contributed by atoms with Crippen LogP contribution in [0.3, 0.4) is 0 Å². The molecule has 2 bridgehead atoms. The molecule has 3 heterocycles. The molecule has 4 atom stereocenters. The van der Waals surface area contributed by atoms with Crippen molar-refractivity contribution in [3.05, 3.63) is 35.9 Å². The standard InChI is InChI=1S/C19H18N4O2/c1-3-7-14-17(2)24-15(13-8-5-4-6-9-13)19(12-22,16(23)25-17)18(14,10-20)11-21/h4-6,8-9,14-15,23H,3,7H2,1-2H3/t14-,15+,17+,19+/m0/s1. The van der Waals surface area contributed by atoms with Gasteiger partial charge in [0, 0.05) is 6.92 Å². The maximum absolute atomic E-state index is 10.1. The van der Waals surface area contributed by atoms with Crippen LogP contribution in [0.1, 0.15) is 38.4 Å². The molecule has 1 aromatic carbocycles. The second-order valence-electron chi connectivity index (χ2n) is 6.65. The second-order valence-corrected chi connectivity index (χ2v) is 6.65. The third-order valence-electron chi connectivity index (χ3n) is 5.39. The summed E-state index contributed by atoms with van der Waals surface area (Å²) >= 11 is 0. The normalized spacial score (nSPS) is 35.1. The van der Waals surface area contributed by atoms with E-state index in [9.17, 15) is 15.8 Å². The molecule has 0 aromatic heterocycles. The second kappa shape index (κ2) is 5.59. The predicted molar refractivity (Wildman–Crippen MR) is 87.6 cm³/mol. The number of ether oxygens (including phenoxy) is 2. The van der Waals surface area contributed by atoms with E-state index in [1.165, 1.54) is 0 Å². The average Bonchev–Trinajstić information content (AvgIpc) is 2.63. The number of nitrogens with one attached hydrogen (secondary N) is 1. The number of nitriles is 3. The van der Waals surface area contributed by atoms with Crippen molar-refractivity contribution < 1.29 is 9.47 Å².